The number of halogens is 1. The molecule has 1 aliphatic rings. The maximum Gasteiger partial charge on any atom is 0.186 e. The van der Waals surface area contributed by atoms with Gasteiger partial charge >= 0.3 is 0 Å². The predicted molar refractivity (Wildman–Crippen MR) is 65.2 cm³/mol. The quantitative estimate of drug-likeness (QED) is 0.843. The van der Waals surface area contributed by atoms with Crippen molar-refractivity contribution in [2.24, 2.45) is 11.7 Å². The number of hydrogen-bond acceptors (Lipinski definition) is 4. The molecule has 1 aromatic rings. The van der Waals surface area contributed by atoms with E-state index < -0.39 is 0 Å². The highest BCUT2D eigenvalue weighted by Crippen LogP contribution is 2.23. The molecule has 0 saturated heterocycles. The third-order valence-electron chi connectivity index (χ3n) is 3.35. The summed E-state index contributed by atoms with van der Waals surface area (Å²) in [6, 6.07) is 0.299. The fourth-order valence-corrected chi connectivity index (χ4v) is 2.34. The Balaban J connectivity index is 1.91. The van der Waals surface area contributed by atoms with Crippen LogP contribution < -0.4 is 11.1 Å². The van der Waals surface area contributed by atoms with Gasteiger partial charge in [0.05, 0.1) is 5.69 Å². The van der Waals surface area contributed by atoms with Gasteiger partial charge in [-0.3, -0.25) is 0 Å². The van der Waals surface area contributed by atoms with Crippen molar-refractivity contribution in [1.82, 2.24) is 9.97 Å². The van der Waals surface area contributed by atoms with Crippen LogP contribution in [0.2, 0.25) is 0 Å². The number of aromatic nitrogens is 2. The number of nitrogens with two attached hydrogens (primary N) is 1. The second-order valence-corrected chi connectivity index (χ2v) is 4.80. The van der Waals surface area contributed by atoms with Crippen LogP contribution in [0, 0.1) is 18.7 Å². The average Bonchev–Trinajstić information content (AvgIpc) is 2.31. The lowest BCUT2D eigenvalue weighted by atomic mass is 9.86. The number of rotatable bonds is 3. The maximum atomic E-state index is 13.6. The molecule has 0 bridgehead atoms. The number of nitrogens with zero attached hydrogens (tertiary/aromatic N) is 2. The Bertz CT molecular complexity index is 383. The lowest BCUT2D eigenvalue weighted by Gasteiger charge is -2.26. The van der Waals surface area contributed by atoms with E-state index in [1.165, 1.54) is 12.7 Å². The zero-order chi connectivity index (χ0) is 12.3. The van der Waals surface area contributed by atoms with Crippen LogP contribution in [0.15, 0.2) is 6.33 Å². The van der Waals surface area contributed by atoms with Gasteiger partial charge in [0.25, 0.3) is 0 Å². The summed E-state index contributed by atoms with van der Waals surface area (Å²) in [6.45, 7) is 2.37. The minimum absolute atomic E-state index is 0.299. The molecule has 5 heteroatoms. The highest BCUT2D eigenvalue weighted by atomic mass is 19.1. The molecule has 94 valence electrons. The van der Waals surface area contributed by atoms with Crippen molar-refractivity contribution >= 4 is 5.82 Å². The summed E-state index contributed by atoms with van der Waals surface area (Å²) in [4.78, 5) is 7.71. The van der Waals surface area contributed by atoms with Gasteiger partial charge in [0.1, 0.15) is 6.33 Å². The number of hydrogen-bond donors (Lipinski definition) is 2. The third-order valence-corrected chi connectivity index (χ3v) is 3.35. The van der Waals surface area contributed by atoms with Crippen LogP contribution in [0.3, 0.4) is 0 Å². The standard InChI is InChI=1S/C12H19FN4/c1-8-11(13)12(17-7-16-8)15-6-9-3-2-4-10(14)5-9/h7,9-10H,2-6,14H2,1H3,(H,15,16,17). The highest BCUT2D eigenvalue weighted by molar-refractivity contribution is 5.36. The molecule has 1 aromatic heterocycles. The van der Waals surface area contributed by atoms with Crippen LogP contribution in [0.1, 0.15) is 31.4 Å². The smallest absolute Gasteiger partial charge is 0.186 e. The summed E-state index contributed by atoms with van der Waals surface area (Å²) in [6.07, 6.45) is 5.83. The topological polar surface area (TPSA) is 63.8 Å². The van der Waals surface area contributed by atoms with Crippen molar-refractivity contribution in [3.63, 3.8) is 0 Å². The van der Waals surface area contributed by atoms with Gasteiger partial charge < -0.3 is 11.1 Å². The number of aryl methyl sites for hydroxylation is 1. The Hall–Kier alpha value is -1.23. The molecule has 1 fully saturated rings. The van der Waals surface area contributed by atoms with Crippen molar-refractivity contribution in [3.8, 4) is 0 Å². The Kier molecular flexibility index (Phi) is 3.89. The van der Waals surface area contributed by atoms with E-state index in [-0.39, 0.29) is 5.82 Å². The molecule has 2 rings (SSSR count). The maximum absolute atomic E-state index is 13.6. The van der Waals surface area contributed by atoms with Crippen molar-refractivity contribution in [1.29, 1.82) is 0 Å². The fourth-order valence-electron chi connectivity index (χ4n) is 2.34. The Morgan fingerprint density at radius 2 is 2.29 bits per heavy atom. The first-order valence-electron chi connectivity index (χ1n) is 6.13. The van der Waals surface area contributed by atoms with Crippen LogP contribution >= 0.6 is 0 Å². The average molecular weight is 238 g/mol. The molecule has 1 saturated carbocycles. The van der Waals surface area contributed by atoms with Gasteiger partial charge in [-0.15, -0.1) is 0 Å². The van der Waals surface area contributed by atoms with Crippen LogP contribution in [0.4, 0.5) is 10.2 Å². The summed E-state index contributed by atoms with van der Waals surface area (Å²) in [7, 11) is 0. The van der Waals surface area contributed by atoms with Gasteiger partial charge in [0.2, 0.25) is 0 Å². The minimum Gasteiger partial charge on any atom is -0.367 e. The third kappa shape index (κ3) is 3.12. The Morgan fingerprint density at radius 3 is 3.06 bits per heavy atom. The van der Waals surface area contributed by atoms with Gasteiger partial charge in [-0.05, 0) is 32.1 Å². The highest BCUT2D eigenvalue weighted by Gasteiger charge is 2.19. The summed E-state index contributed by atoms with van der Waals surface area (Å²) in [5.74, 6) is 0.470. The van der Waals surface area contributed by atoms with E-state index in [1.54, 1.807) is 6.92 Å². The molecule has 0 aromatic carbocycles. The molecule has 0 radical (unpaired) electrons. The van der Waals surface area contributed by atoms with Gasteiger partial charge in [-0.25, -0.2) is 14.4 Å². The molecule has 0 aliphatic heterocycles. The van der Waals surface area contributed by atoms with E-state index in [2.05, 4.69) is 15.3 Å². The van der Waals surface area contributed by atoms with Crippen LogP contribution in [0.5, 0.6) is 0 Å². The predicted octanol–water partition coefficient (Wildman–Crippen LogP) is 1.85. The zero-order valence-corrected chi connectivity index (χ0v) is 10.1. The lowest BCUT2D eigenvalue weighted by Crippen LogP contribution is -2.31. The lowest BCUT2D eigenvalue weighted by molar-refractivity contribution is 0.334. The largest absolute Gasteiger partial charge is 0.367 e. The molecule has 1 aliphatic carbocycles. The molecule has 4 nitrogen and oxygen atoms in total. The van der Waals surface area contributed by atoms with Gasteiger partial charge in [-0.1, -0.05) is 6.42 Å². The van der Waals surface area contributed by atoms with Crippen LogP contribution in [-0.4, -0.2) is 22.6 Å². The molecule has 0 spiro atoms. The van der Waals surface area contributed by atoms with Gasteiger partial charge in [-0.2, -0.15) is 0 Å². The van der Waals surface area contributed by atoms with E-state index in [4.69, 9.17) is 5.73 Å². The van der Waals surface area contributed by atoms with Gasteiger partial charge in [0, 0.05) is 12.6 Å². The first kappa shape index (κ1) is 12.2. The summed E-state index contributed by atoms with van der Waals surface area (Å²) >= 11 is 0. The molecule has 17 heavy (non-hydrogen) atoms. The molecule has 0 amide bonds. The first-order valence-corrected chi connectivity index (χ1v) is 6.13. The SMILES string of the molecule is Cc1ncnc(NCC2CCCC(N)C2)c1F. The van der Waals surface area contributed by atoms with E-state index in [0.29, 0.717) is 23.5 Å². The van der Waals surface area contributed by atoms with E-state index >= 15 is 0 Å². The van der Waals surface area contributed by atoms with E-state index in [0.717, 1.165) is 25.8 Å². The summed E-state index contributed by atoms with van der Waals surface area (Å²) in [5.41, 5.74) is 6.30. The zero-order valence-electron chi connectivity index (χ0n) is 10.1. The van der Waals surface area contributed by atoms with Crippen molar-refractivity contribution in [3.05, 3.63) is 17.8 Å². The fraction of sp³-hybridized carbons (Fsp3) is 0.667. The second-order valence-electron chi connectivity index (χ2n) is 4.80. The second kappa shape index (κ2) is 5.40. The summed E-state index contributed by atoms with van der Waals surface area (Å²) < 4.78 is 13.6. The Labute approximate surface area is 101 Å². The van der Waals surface area contributed by atoms with Gasteiger partial charge in [0.15, 0.2) is 11.6 Å². The van der Waals surface area contributed by atoms with Crippen molar-refractivity contribution in [2.45, 2.75) is 38.6 Å². The molecular weight excluding hydrogens is 219 g/mol. The molecule has 1 heterocycles. The Morgan fingerprint density at radius 1 is 1.47 bits per heavy atom. The molecule has 2 unspecified atom stereocenters. The molecular formula is C12H19FN4. The number of nitrogens with one attached hydrogen (secondary N) is 1. The normalized spacial score (nSPS) is 24.6. The number of anilines is 1. The van der Waals surface area contributed by atoms with Crippen LogP contribution in [0.25, 0.3) is 0 Å². The molecule has 3 N–H and O–H groups in total. The first-order chi connectivity index (χ1) is 8.16. The van der Waals surface area contributed by atoms with Crippen molar-refractivity contribution < 1.29 is 4.39 Å². The summed E-state index contributed by atoms with van der Waals surface area (Å²) in [5, 5.41) is 3.06. The molecule has 2 atom stereocenters. The van der Waals surface area contributed by atoms with E-state index in [9.17, 15) is 4.39 Å². The van der Waals surface area contributed by atoms with Crippen molar-refractivity contribution in [2.75, 3.05) is 11.9 Å². The van der Waals surface area contributed by atoms with Crippen LogP contribution in [-0.2, 0) is 0 Å². The van der Waals surface area contributed by atoms with E-state index in [1.807, 2.05) is 0 Å². The minimum atomic E-state index is -0.354. The monoisotopic (exact) mass is 238 g/mol.